The second kappa shape index (κ2) is 7.25. The third-order valence-electron chi connectivity index (χ3n) is 3.90. The van der Waals surface area contributed by atoms with Gasteiger partial charge >= 0.3 is 6.09 Å². The van der Waals surface area contributed by atoms with Gasteiger partial charge in [0, 0.05) is 6.42 Å². The van der Waals surface area contributed by atoms with Gasteiger partial charge in [-0.1, -0.05) is 63.4 Å². The Morgan fingerprint density at radius 2 is 2.10 bits per heavy atom. The molecule has 0 aliphatic carbocycles. The van der Waals surface area contributed by atoms with Crippen molar-refractivity contribution in [2.24, 2.45) is 5.92 Å². The number of carbonyl (C=O) groups is 2. The molecule has 1 saturated heterocycles. The van der Waals surface area contributed by atoms with Gasteiger partial charge in [0.05, 0.1) is 0 Å². The standard InChI is InChI=1S/C17H23NO3/c1-3-4-8-13(2)11-16(19)18-15(12-21-17(18)20)14-9-6-5-7-10-14/h5-7,9-10,13,15H,3-4,8,11-12H2,1-2H3/t13-,15-/m0/s1. The number of nitrogens with zero attached hydrogens (tertiary/aromatic N) is 1. The minimum atomic E-state index is -0.517. The molecular weight excluding hydrogens is 266 g/mol. The summed E-state index contributed by atoms with van der Waals surface area (Å²) in [5.74, 6) is 0.164. The Kier molecular flexibility index (Phi) is 5.37. The molecule has 2 amide bonds. The van der Waals surface area contributed by atoms with E-state index in [9.17, 15) is 9.59 Å². The molecule has 1 aromatic carbocycles. The lowest BCUT2D eigenvalue weighted by atomic mass is 9.99. The van der Waals surface area contributed by atoms with E-state index in [1.807, 2.05) is 30.3 Å². The molecule has 0 radical (unpaired) electrons. The molecule has 0 aromatic heterocycles. The molecule has 0 N–H and O–H groups in total. The number of rotatable bonds is 6. The number of amides is 2. The van der Waals surface area contributed by atoms with Crippen molar-refractivity contribution in [2.45, 2.75) is 45.6 Å². The average molecular weight is 289 g/mol. The maximum absolute atomic E-state index is 12.4. The summed E-state index contributed by atoms with van der Waals surface area (Å²) in [6.45, 7) is 4.45. The summed E-state index contributed by atoms with van der Waals surface area (Å²) >= 11 is 0. The van der Waals surface area contributed by atoms with E-state index in [1.54, 1.807) is 0 Å². The molecule has 1 heterocycles. The second-order valence-electron chi connectivity index (χ2n) is 5.72. The van der Waals surface area contributed by atoms with Crippen molar-refractivity contribution < 1.29 is 14.3 Å². The first kappa shape index (κ1) is 15.5. The molecule has 1 aliphatic rings. The summed E-state index contributed by atoms with van der Waals surface area (Å²) in [7, 11) is 0. The van der Waals surface area contributed by atoms with Gasteiger partial charge in [0.2, 0.25) is 5.91 Å². The van der Waals surface area contributed by atoms with Crippen molar-refractivity contribution in [1.82, 2.24) is 4.90 Å². The van der Waals surface area contributed by atoms with Crippen LogP contribution in [0.1, 0.15) is 51.1 Å². The topological polar surface area (TPSA) is 46.6 Å². The fraction of sp³-hybridized carbons (Fsp3) is 0.529. The van der Waals surface area contributed by atoms with E-state index in [0.29, 0.717) is 12.3 Å². The van der Waals surface area contributed by atoms with E-state index < -0.39 is 6.09 Å². The van der Waals surface area contributed by atoms with Crippen LogP contribution >= 0.6 is 0 Å². The zero-order valence-corrected chi connectivity index (χ0v) is 12.7. The molecule has 114 valence electrons. The number of hydrogen-bond acceptors (Lipinski definition) is 3. The summed E-state index contributed by atoms with van der Waals surface area (Å²) in [5.41, 5.74) is 0.943. The quantitative estimate of drug-likeness (QED) is 0.797. The van der Waals surface area contributed by atoms with Crippen LogP contribution in [0.2, 0.25) is 0 Å². The SMILES string of the molecule is CCCC[C@H](C)CC(=O)N1C(=O)OC[C@H]1c1ccccc1. The maximum atomic E-state index is 12.4. The van der Waals surface area contributed by atoms with E-state index in [4.69, 9.17) is 4.74 Å². The average Bonchev–Trinajstić information content (AvgIpc) is 2.88. The van der Waals surface area contributed by atoms with Gasteiger partial charge in [-0.15, -0.1) is 0 Å². The van der Waals surface area contributed by atoms with Crippen molar-refractivity contribution in [3.63, 3.8) is 0 Å². The predicted octanol–water partition coefficient (Wildman–Crippen LogP) is 3.92. The van der Waals surface area contributed by atoms with Crippen LogP contribution in [0.25, 0.3) is 0 Å². The van der Waals surface area contributed by atoms with Gasteiger partial charge in [-0.3, -0.25) is 4.79 Å². The third kappa shape index (κ3) is 3.84. The minimum Gasteiger partial charge on any atom is -0.446 e. The first-order valence-corrected chi connectivity index (χ1v) is 7.67. The highest BCUT2D eigenvalue weighted by Gasteiger charge is 2.38. The largest absolute Gasteiger partial charge is 0.446 e. The fourth-order valence-electron chi connectivity index (χ4n) is 2.67. The van der Waals surface area contributed by atoms with E-state index in [1.165, 1.54) is 4.90 Å². The molecule has 1 aliphatic heterocycles. The highest BCUT2D eigenvalue weighted by molar-refractivity contribution is 5.93. The Labute approximate surface area is 126 Å². The van der Waals surface area contributed by atoms with Crippen molar-refractivity contribution in [1.29, 1.82) is 0 Å². The molecule has 4 nitrogen and oxygen atoms in total. The Balaban J connectivity index is 2.05. The molecule has 1 aromatic rings. The first-order valence-electron chi connectivity index (χ1n) is 7.67. The monoisotopic (exact) mass is 289 g/mol. The van der Waals surface area contributed by atoms with Crippen LogP contribution in [0, 0.1) is 5.92 Å². The minimum absolute atomic E-state index is 0.130. The van der Waals surface area contributed by atoms with Gasteiger partial charge in [-0.05, 0) is 11.5 Å². The van der Waals surface area contributed by atoms with Crippen LogP contribution in [0.5, 0.6) is 0 Å². The van der Waals surface area contributed by atoms with E-state index >= 15 is 0 Å². The summed E-state index contributed by atoms with van der Waals surface area (Å²) in [6.07, 6.45) is 3.13. The predicted molar refractivity (Wildman–Crippen MR) is 80.7 cm³/mol. The second-order valence-corrected chi connectivity index (χ2v) is 5.72. The van der Waals surface area contributed by atoms with E-state index in [0.717, 1.165) is 24.8 Å². The lowest BCUT2D eigenvalue weighted by molar-refractivity contribution is -0.130. The number of benzene rings is 1. The van der Waals surface area contributed by atoms with Crippen molar-refractivity contribution >= 4 is 12.0 Å². The zero-order chi connectivity index (χ0) is 15.2. The molecule has 0 unspecified atom stereocenters. The lowest BCUT2D eigenvalue weighted by Gasteiger charge is -2.21. The van der Waals surface area contributed by atoms with Gasteiger partial charge in [0.15, 0.2) is 0 Å². The molecule has 1 fully saturated rings. The maximum Gasteiger partial charge on any atom is 0.417 e. The Morgan fingerprint density at radius 1 is 1.38 bits per heavy atom. The number of imide groups is 1. The van der Waals surface area contributed by atoms with Gasteiger partial charge in [0.25, 0.3) is 0 Å². The molecule has 4 heteroatoms. The Morgan fingerprint density at radius 3 is 2.76 bits per heavy atom. The Hall–Kier alpha value is -1.84. The first-order chi connectivity index (χ1) is 10.1. The van der Waals surface area contributed by atoms with E-state index in [-0.39, 0.29) is 18.6 Å². The highest BCUT2D eigenvalue weighted by atomic mass is 16.6. The Bertz CT molecular complexity index is 486. The third-order valence-corrected chi connectivity index (χ3v) is 3.90. The van der Waals surface area contributed by atoms with Crippen LogP contribution in [0.3, 0.4) is 0 Å². The molecule has 2 rings (SSSR count). The number of carbonyl (C=O) groups excluding carboxylic acids is 2. The van der Waals surface area contributed by atoms with Gasteiger partial charge in [-0.2, -0.15) is 0 Å². The summed E-state index contributed by atoms with van der Waals surface area (Å²) in [6, 6.07) is 9.29. The number of ether oxygens (including phenoxy) is 1. The van der Waals surface area contributed by atoms with Crippen LogP contribution < -0.4 is 0 Å². The molecule has 0 bridgehead atoms. The zero-order valence-electron chi connectivity index (χ0n) is 12.7. The van der Waals surface area contributed by atoms with Crippen LogP contribution in [0.4, 0.5) is 4.79 Å². The summed E-state index contributed by atoms with van der Waals surface area (Å²) in [5, 5.41) is 0. The van der Waals surface area contributed by atoms with Gasteiger partial charge in [-0.25, -0.2) is 9.69 Å². The summed E-state index contributed by atoms with van der Waals surface area (Å²) in [4.78, 5) is 25.6. The number of cyclic esters (lactones) is 1. The fourth-order valence-corrected chi connectivity index (χ4v) is 2.67. The van der Waals surface area contributed by atoms with Crippen molar-refractivity contribution in [2.75, 3.05) is 6.61 Å². The molecule has 2 atom stereocenters. The van der Waals surface area contributed by atoms with Gasteiger partial charge in [0.1, 0.15) is 12.6 Å². The normalized spacial score (nSPS) is 19.4. The van der Waals surface area contributed by atoms with Crippen molar-refractivity contribution in [3.8, 4) is 0 Å². The molecule has 0 saturated carbocycles. The molecule has 0 spiro atoms. The molecule has 21 heavy (non-hydrogen) atoms. The smallest absolute Gasteiger partial charge is 0.417 e. The van der Waals surface area contributed by atoms with Crippen LogP contribution in [0.15, 0.2) is 30.3 Å². The van der Waals surface area contributed by atoms with Crippen LogP contribution in [-0.2, 0) is 9.53 Å². The van der Waals surface area contributed by atoms with Crippen molar-refractivity contribution in [3.05, 3.63) is 35.9 Å². The van der Waals surface area contributed by atoms with Gasteiger partial charge < -0.3 is 4.74 Å². The highest BCUT2D eigenvalue weighted by Crippen LogP contribution is 2.29. The summed E-state index contributed by atoms with van der Waals surface area (Å²) < 4.78 is 5.08. The lowest BCUT2D eigenvalue weighted by Crippen LogP contribution is -2.35. The van der Waals surface area contributed by atoms with Crippen LogP contribution in [-0.4, -0.2) is 23.5 Å². The number of unbranched alkanes of at least 4 members (excludes halogenated alkanes) is 1. The molecular formula is C17H23NO3. The van der Waals surface area contributed by atoms with E-state index in [2.05, 4.69) is 13.8 Å². The number of hydrogen-bond donors (Lipinski definition) is 0.